The molecule has 2 N–H and O–H groups in total. The van der Waals surface area contributed by atoms with Gasteiger partial charge in [0.1, 0.15) is 23.9 Å². The van der Waals surface area contributed by atoms with Crippen molar-refractivity contribution >= 4 is 27.3 Å². The van der Waals surface area contributed by atoms with E-state index in [0.29, 0.717) is 23.6 Å². The summed E-state index contributed by atoms with van der Waals surface area (Å²) < 4.78 is 56.8. The lowest BCUT2D eigenvalue weighted by Gasteiger charge is -2.15. The Bertz CT molecular complexity index is 1220. The highest BCUT2D eigenvalue weighted by molar-refractivity contribution is 7.92. The first kappa shape index (κ1) is 24.0. The summed E-state index contributed by atoms with van der Waals surface area (Å²) in [5.41, 5.74) is 0.728. The van der Waals surface area contributed by atoms with E-state index in [9.17, 15) is 17.6 Å². The van der Waals surface area contributed by atoms with Crippen LogP contribution in [0.5, 0.6) is 11.5 Å². The fourth-order valence-electron chi connectivity index (χ4n) is 2.90. The Morgan fingerprint density at radius 2 is 1.67 bits per heavy atom. The lowest BCUT2D eigenvalue weighted by molar-refractivity contribution is 0.101. The minimum Gasteiger partial charge on any atom is -0.495 e. The fourth-order valence-corrected chi connectivity index (χ4v) is 3.96. The lowest BCUT2D eigenvalue weighted by Crippen LogP contribution is -2.16. The van der Waals surface area contributed by atoms with Crippen molar-refractivity contribution in [3.8, 4) is 11.5 Å². The van der Waals surface area contributed by atoms with Gasteiger partial charge in [-0.2, -0.15) is 0 Å². The largest absolute Gasteiger partial charge is 0.495 e. The van der Waals surface area contributed by atoms with Gasteiger partial charge < -0.3 is 19.5 Å². The van der Waals surface area contributed by atoms with Crippen LogP contribution in [0.1, 0.15) is 10.4 Å². The van der Waals surface area contributed by atoms with Crippen molar-refractivity contribution in [1.29, 1.82) is 0 Å². The average molecular weight is 475 g/mol. The molecule has 0 atom stereocenters. The molecular weight excluding hydrogens is 451 g/mol. The molecule has 0 saturated carbocycles. The molecule has 0 aliphatic heterocycles. The molecule has 0 aromatic heterocycles. The number of carbonyl (C=O) groups is 1. The molecule has 0 fully saturated rings. The number of ether oxygens (including phenoxy) is 3. The third kappa shape index (κ3) is 6.21. The van der Waals surface area contributed by atoms with Crippen LogP contribution in [-0.4, -0.2) is 41.8 Å². The number of amides is 1. The van der Waals surface area contributed by atoms with Crippen molar-refractivity contribution in [2.24, 2.45) is 0 Å². The average Bonchev–Trinajstić information content (AvgIpc) is 2.80. The zero-order valence-corrected chi connectivity index (χ0v) is 18.8. The van der Waals surface area contributed by atoms with Gasteiger partial charge in [-0.3, -0.25) is 9.52 Å². The number of hydrogen-bond acceptors (Lipinski definition) is 6. The van der Waals surface area contributed by atoms with Gasteiger partial charge in [-0.25, -0.2) is 12.8 Å². The van der Waals surface area contributed by atoms with Crippen LogP contribution in [0.3, 0.4) is 0 Å². The van der Waals surface area contributed by atoms with Crippen LogP contribution < -0.4 is 19.5 Å². The van der Waals surface area contributed by atoms with E-state index < -0.39 is 21.7 Å². The molecule has 3 rings (SSSR count). The van der Waals surface area contributed by atoms with Crippen molar-refractivity contribution in [1.82, 2.24) is 0 Å². The number of anilines is 2. The van der Waals surface area contributed by atoms with Crippen LogP contribution >= 0.6 is 0 Å². The number of halogens is 1. The van der Waals surface area contributed by atoms with Crippen LogP contribution in [0.2, 0.25) is 0 Å². The highest BCUT2D eigenvalue weighted by Gasteiger charge is 2.18. The molecule has 0 spiro atoms. The molecule has 0 radical (unpaired) electrons. The molecule has 10 heteroatoms. The number of benzene rings is 3. The maximum absolute atomic E-state index is 13.2. The van der Waals surface area contributed by atoms with Crippen molar-refractivity contribution < 1.29 is 31.8 Å². The number of sulfonamides is 1. The van der Waals surface area contributed by atoms with Crippen molar-refractivity contribution in [3.63, 3.8) is 0 Å². The maximum atomic E-state index is 13.2. The van der Waals surface area contributed by atoms with Crippen molar-refractivity contribution in [2.45, 2.75) is 4.90 Å². The van der Waals surface area contributed by atoms with Gasteiger partial charge in [-0.05, 0) is 54.6 Å². The predicted octanol–water partition coefficient (Wildman–Crippen LogP) is 3.91. The minimum atomic E-state index is -4.02. The molecule has 0 unspecified atom stereocenters. The normalized spacial score (nSPS) is 11.0. The van der Waals surface area contributed by atoms with Crippen LogP contribution in [0.15, 0.2) is 71.6 Å². The quantitative estimate of drug-likeness (QED) is 0.432. The van der Waals surface area contributed by atoms with Gasteiger partial charge in [0, 0.05) is 12.8 Å². The molecule has 174 valence electrons. The molecule has 0 heterocycles. The highest BCUT2D eigenvalue weighted by Crippen LogP contribution is 2.30. The van der Waals surface area contributed by atoms with E-state index in [1.54, 1.807) is 37.4 Å². The van der Waals surface area contributed by atoms with Gasteiger partial charge in [-0.1, -0.05) is 12.1 Å². The van der Waals surface area contributed by atoms with Gasteiger partial charge in [0.25, 0.3) is 15.9 Å². The van der Waals surface area contributed by atoms with Gasteiger partial charge in [0.05, 0.1) is 29.9 Å². The predicted molar refractivity (Wildman–Crippen MR) is 122 cm³/mol. The summed E-state index contributed by atoms with van der Waals surface area (Å²) in [6, 6.07) is 15.6. The smallest absolute Gasteiger partial charge is 0.262 e. The number of carbonyl (C=O) groups excluding carboxylic acids is 1. The van der Waals surface area contributed by atoms with E-state index in [-0.39, 0.29) is 22.9 Å². The number of methoxy groups -OCH3 is 2. The van der Waals surface area contributed by atoms with Gasteiger partial charge >= 0.3 is 0 Å². The summed E-state index contributed by atoms with van der Waals surface area (Å²) in [5.74, 6) is -0.372. The molecule has 0 aliphatic carbocycles. The second-order valence-electron chi connectivity index (χ2n) is 6.77. The molecule has 3 aromatic rings. The topological polar surface area (TPSA) is 103 Å². The number of nitrogens with one attached hydrogen (secondary N) is 2. The second kappa shape index (κ2) is 10.8. The van der Waals surface area contributed by atoms with Crippen LogP contribution in [-0.2, 0) is 14.8 Å². The summed E-state index contributed by atoms with van der Waals surface area (Å²) in [5, 5.41) is 2.72. The summed E-state index contributed by atoms with van der Waals surface area (Å²) >= 11 is 0. The Hall–Kier alpha value is -3.63. The zero-order chi connectivity index (χ0) is 23.8. The zero-order valence-electron chi connectivity index (χ0n) is 18.0. The molecule has 0 bridgehead atoms. The third-order valence-corrected chi connectivity index (χ3v) is 5.88. The van der Waals surface area contributed by atoms with Gasteiger partial charge in [-0.15, -0.1) is 0 Å². The standard InChI is InChI=1S/C23H23FN2O6S/c1-30-13-14-32-21-6-4-3-5-19(21)23(27)25-17-9-12-22(31-2)20(15-17)26-33(28,29)18-10-7-16(24)8-11-18/h3-12,15,26H,13-14H2,1-2H3,(H,25,27). The van der Waals surface area contributed by atoms with Crippen molar-refractivity contribution in [2.75, 3.05) is 37.5 Å². The van der Waals surface area contributed by atoms with Crippen LogP contribution in [0, 0.1) is 5.82 Å². The Balaban J connectivity index is 1.83. The molecule has 3 aromatic carbocycles. The van der Waals surface area contributed by atoms with E-state index in [1.807, 2.05) is 0 Å². The summed E-state index contributed by atoms with van der Waals surface area (Å²) in [6.45, 7) is 0.643. The monoisotopic (exact) mass is 474 g/mol. The summed E-state index contributed by atoms with van der Waals surface area (Å²) in [6.07, 6.45) is 0. The van der Waals surface area contributed by atoms with E-state index >= 15 is 0 Å². The first-order valence-corrected chi connectivity index (χ1v) is 11.3. The van der Waals surface area contributed by atoms with Crippen LogP contribution in [0.25, 0.3) is 0 Å². The Morgan fingerprint density at radius 1 is 0.939 bits per heavy atom. The Labute approximate surface area is 191 Å². The van der Waals surface area contributed by atoms with E-state index in [0.717, 1.165) is 24.3 Å². The highest BCUT2D eigenvalue weighted by atomic mass is 32.2. The number of rotatable bonds is 10. The van der Waals surface area contributed by atoms with E-state index in [2.05, 4.69) is 10.0 Å². The third-order valence-electron chi connectivity index (χ3n) is 4.50. The van der Waals surface area contributed by atoms with Crippen molar-refractivity contribution in [3.05, 3.63) is 78.1 Å². The molecule has 33 heavy (non-hydrogen) atoms. The van der Waals surface area contributed by atoms with Gasteiger partial charge in [0.2, 0.25) is 0 Å². The number of hydrogen-bond donors (Lipinski definition) is 2. The lowest BCUT2D eigenvalue weighted by atomic mass is 10.1. The molecule has 0 aliphatic rings. The van der Waals surface area contributed by atoms with E-state index in [1.165, 1.54) is 19.2 Å². The molecular formula is C23H23FN2O6S. The first-order chi connectivity index (χ1) is 15.8. The maximum Gasteiger partial charge on any atom is 0.262 e. The SMILES string of the molecule is COCCOc1ccccc1C(=O)Nc1ccc(OC)c(NS(=O)(=O)c2ccc(F)cc2)c1. The Morgan fingerprint density at radius 3 is 2.36 bits per heavy atom. The van der Waals surface area contributed by atoms with Crippen LogP contribution in [0.4, 0.5) is 15.8 Å². The second-order valence-corrected chi connectivity index (χ2v) is 8.45. The minimum absolute atomic E-state index is 0.101. The summed E-state index contributed by atoms with van der Waals surface area (Å²) in [4.78, 5) is 12.7. The van der Waals surface area contributed by atoms with E-state index in [4.69, 9.17) is 14.2 Å². The van der Waals surface area contributed by atoms with Gasteiger partial charge in [0.15, 0.2) is 0 Å². The molecule has 1 amide bonds. The summed E-state index contributed by atoms with van der Waals surface area (Å²) in [7, 11) is -1.09. The Kier molecular flexibility index (Phi) is 7.86. The first-order valence-electron chi connectivity index (χ1n) is 9.82. The molecule has 0 saturated heterocycles. The fraction of sp³-hybridized carbons (Fsp3) is 0.174. The number of para-hydroxylation sites is 1. The molecule has 8 nitrogen and oxygen atoms in total.